The monoisotopic (exact) mass is 302 g/mol. The summed E-state index contributed by atoms with van der Waals surface area (Å²) in [6.07, 6.45) is -1.74. The summed E-state index contributed by atoms with van der Waals surface area (Å²) in [5.41, 5.74) is 4.56. The number of halogens is 2. The molecular formula is C12H12F2N2O5. The van der Waals surface area contributed by atoms with Gasteiger partial charge in [0.25, 0.3) is 17.5 Å². The molecule has 1 aliphatic heterocycles. The SMILES string of the molecule is NC(=O)[C@H]1CC(C(F)(F)CO)c2cc([N+](=O)[O-])ccc2O1. The summed E-state index contributed by atoms with van der Waals surface area (Å²) in [6.45, 7) is -1.45. The Bertz CT molecular complexity index is 593. The Morgan fingerprint density at radius 2 is 2.24 bits per heavy atom. The Balaban J connectivity index is 2.52. The minimum atomic E-state index is -3.55. The van der Waals surface area contributed by atoms with Crippen molar-refractivity contribution >= 4 is 11.6 Å². The average molecular weight is 302 g/mol. The van der Waals surface area contributed by atoms with E-state index in [0.717, 1.165) is 18.2 Å². The van der Waals surface area contributed by atoms with E-state index in [1.165, 1.54) is 0 Å². The third kappa shape index (κ3) is 2.77. The molecule has 21 heavy (non-hydrogen) atoms. The Hall–Kier alpha value is -2.29. The van der Waals surface area contributed by atoms with Crippen molar-refractivity contribution in [2.24, 2.45) is 5.73 Å². The molecule has 0 bridgehead atoms. The standard InChI is InChI=1S/C12H12F2N2O5/c13-12(14,5-17)8-4-10(11(15)18)21-9-2-1-6(16(19)20)3-7(8)9/h1-3,8,10,17H,4-5H2,(H2,15,18)/t8?,10-/m1/s1. The molecule has 1 aromatic rings. The largest absolute Gasteiger partial charge is 0.480 e. The van der Waals surface area contributed by atoms with Crippen LogP contribution in [-0.2, 0) is 4.79 Å². The van der Waals surface area contributed by atoms with Gasteiger partial charge in [-0.1, -0.05) is 0 Å². The van der Waals surface area contributed by atoms with Crippen LogP contribution in [0.2, 0.25) is 0 Å². The first kappa shape index (κ1) is 15.1. The first-order chi connectivity index (χ1) is 9.76. The number of primary amides is 1. The summed E-state index contributed by atoms with van der Waals surface area (Å²) >= 11 is 0. The molecule has 0 fully saturated rings. The minimum absolute atomic E-state index is 0.0752. The Kier molecular flexibility index (Phi) is 3.77. The highest BCUT2D eigenvalue weighted by molar-refractivity contribution is 5.80. The van der Waals surface area contributed by atoms with Crippen LogP contribution in [0.5, 0.6) is 5.75 Å². The maximum absolute atomic E-state index is 13.9. The number of aliphatic hydroxyl groups is 1. The number of nitrogens with zero attached hydrogens (tertiary/aromatic N) is 1. The fourth-order valence-electron chi connectivity index (χ4n) is 2.26. The summed E-state index contributed by atoms with van der Waals surface area (Å²) < 4.78 is 32.9. The second-order valence-corrected chi connectivity index (χ2v) is 4.70. The molecule has 1 aromatic carbocycles. The molecule has 0 saturated carbocycles. The molecule has 0 spiro atoms. The number of ether oxygens (including phenoxy) is 1. The maximum Gasteiger partial charge on any atom is 0.277 e. The fourth-order valence-corrected chi connectivity index (χ4v) is 2.26. The van der Waals surface area contributed by atoms with Crippen LogP contribution in [0, 0.1) is 10.1 Å². The summed E-state index contributed by atoms with van der Waals surface area (Å²) in [6, 6.07) is 3.18. The number of nitrogens with two attached hydrogens (primary N) is 1. The molecule has 2 rings (SSSR count). The van der Waals surface area contributed by atoms with Crippen molar-refractivity contribution in [2.45, 2.75) is 24.4 Å². The molecule has 1 aliphatic rings. The van der Waals surface area contributed by atoms with Gasteiger partial charge in [0.15, 0.2) is 6.10 Å². The van der Waals surface area contributed by atoms with Crippen molar-refractivity contribution in [1.82, 2.24) is 0 Å². The van der Waals surface area contributed by atoms with E-state index in [9.17, 15) is 23.7 Å². The average Bonchev–Trinajstić information content (AvgIpc) is 2.45. The van der Waals surface area contributed by atoms with E-state index in [1.807, 2.05) is 0 Å². The maximum atomic E-state index is 13.9. The van der Waals surface area contributed by atoms with Crippen molar-refractivity contribution in [2.75, 3.05) is 6.61 Å². The van der Waals surface area contributed by atoms with Crippen molar-refractivity contribution in [3.05, 3.63) is 33.9 Å². The third-order valence-corrected chi connectivity index (χ3v) is 3.34. The molecule has 1 unspecified atom stereocenters. The van der Waals surface area contributed by atoms with E-state index in [1.54, 1.807) is 0 Å². The predicted octanol–water partition coefficient (Wildman–Crippen LogP) is 0.942. The number of hydrogen-bond donors (Lipinski definition) is 2. The number of non-ortho nitro benzene ring substituents is 1. The lowest BCUT2D eigenvalue weighted by molar-refractivity contribution is -0.385. The van der Waals surface area contributed by atoms with Gasteiger partial charge in [0.2, 0.25) is 0 Å². The quantitative estimate of drug-likeness (QED) is 0.634. The van der Waals surface area contributed by atoms with Gasteiger partial charge in [0.05, 0.1) is 10.8 Å². The highest BCUT2D eigenvalue weighted by Crippen LogP contribution is 2.45. The topological polar surface area (TPSA) is 116 Å². The highest BCUT2D eigenvalue weighted by atomic mass is 19.3. The van der Waals surface area contributed by atoms with Crippen LogP contribution in [0.25, 0.3) is 0 Å². The number of carbonyl (C=O) groups is 1. The zero-order valence-corrected chi connectivity index (χ0v) is 10.7. The number of hydrogen-bond acceptors (Lipinski definition) is 5. The predicted molar refractivity (Wildman–Crippen MR) is 66.1 cm³/mol. The zero-order chi connectivity index (χ0) is 15.8. The van der Waals surface area contributed by atoms with Gasteiger partial charge < -0.3 is 15.6 Å². The van der Waals surface area contributed by atoms with Crippen molar-refractivity contribution < 1.29 is 28.3 Å². The van der Waals surface area contributed by atoms with E-state index in [4.69, 9.17) is 15.6 Å². The summed E-state index contributed by atoms with van der Waals surface area (Å²) in [4.78, 5) is 21.2. The number of alkyl halides is 2. The molecule has 3 N–H and O–H groups in total. The van der Waals surface area contributed by atoms with Gasteiger partial charge in [-0.25, -0.2) is 8.78 Å². The van der Waals surface area contributed by atoms with Crippen LogP contribution in [-0.4, -0.2) is 34.6 Å². The molecule has 7 nitrogen and oxygen atoms in total. The van der Waals surface area contributed by atoms with E-state index in [2.05, 4.69) is 0 Å². The molecule has 114 valence electrons. The summed E-state index contributed by atoms with van der Waals surface area (Å²) in [5, 5.41) is 19.6. The smallest absolute Gasteiger partial charge is 0.277 e. The normalized spacial score (nSPS) is 21.3. The van der Waals surface area contributed by atoms with Crippen LogP contribution >= 0.6 is 0 Å². The van der Waals surface area contributed by atoms with Crippen molar-refractivity contribution in [3.63, 3.8) is 0 Å². The van der Waals surface area contributed by atoms with Crippen LogP contribution in [0.4, 0.5) is 14.5 Å². The first-order valence-electron chi connectivity index (χ1n) is 5.99. The lowest BCUT2D eigenvalue weighted by atomic mass is 9.84. The second-order valence-electron chi connectivity index (χ2n) is 4.70. The molecule has 9 heteroatoms. The first-order valence-corrected chi connectivity index (χ1v) is 5.99. The van der Waals surface area contributed by atoms with Crippen molar-refractivity contribution in [1.29, 1.82) is 0 Å². The Labute approximate surface area is 117 Å². The highest BCUT2D eigenvalue weighted by Gasteiger charge is 2.47. The lowest BCUT2D eigenvalue weighted by Crippen LogP contribution is -2.43. The second kappa shape index (κ2) is 5.24. The number of amides is 1. The number of carbonyl (C=O) groups excluding carboxylic acids is 1. The van der Waals surface area contributed by atoms with E-state index in [0.29, 0.717) is 0 Å². The molecule has 1 amide bonds. The molecule has 0 radical (unpaired) electrons. The number of nitro benzene ring substituents is 1. The lowest BCUT2D eigenvalue weighted by Gasteiger charge is -2.34. The van der Waals surface area contributed by atoms with Crippen molar-refractivity contribution in [3.8, 4) is 5.75 Å². The van der Waals surface area contributed by atoms with Crippen LogP contribution < -0.4 is 10.5 Å². The number of benzene rings is 1. The number of nitro groups is 1. The fraction of sp³-hybridized carbons (Fsp3) is 0.417. The zero-order valence-electron chi connectivity index (χ0n) is 10.7. The van der Waals surface area contributed by atoms with Gasteiger partial charge in [-0.15, -0.1) is 0 Å². The summed E-state index contributed by atoms with van der Waals surface area (Å²) in [7, 11) is 0. The van der Waals surface area contributed by atoms with Gasteiger partial charge in [-0.3, -0.25) is 14.9 Å². The molecular weight excluding hydrogens is 290 g/mol. The number of rotatable bonds is 4. The molecule has 1 heterocycles. The third-order valence-electron chi connectivity index (χ3n) is 3.34. The van der Waals surface area contributed by atoms with Crippen LogP contribution in [0.15, 0.2) is 18.2 Å². The van der Waals surface area contributed by atoms with E-state index >= 15 is 0 Å². The van der Waals surface area contributed by atoms with Gasteiger partial charge >= 0.3 is 0 Å². The number of fused-ring (bicyclic) bond motifs is 1. The molecule has 2 atom stereocenters. The summed E-state index contributed by atoms with van der Waals surface area (Å²) in [5.74, 6) is -6.14. The van der Waals surface area contributed by atoms with Crippen LogP contribution in [0.1, 0.15) is 17.9 Å². The van der Waals surface area contributed by atoms with E-state index < -0.39 is 41.8 Å². The van der Waals surface area contributed by atoms with Gasteiger partial charge in [0.1, 0.15) is 12.4 Å². The molecule has 0 aliphatic carbocycles. The van der Waals surface area contributed by atoms with Gasteiger partial charge in [-0.05, 0) is 6.07 Å². The van der Waals surface area contributed by atoms with Gasteiger partial charge in [0, 0.05) is 24.1 Å². The van der Waals surface area contributed by atoms with Crippen LogP contribution in [0.3, 0.4) is 0 Å². The molecule has 0 aromatic heterocycles. The van der Waals surface area contributed by atoms with Gasteiger partial charge in [-0.2, -0.15) is 0 Å². The number of aliphatic hydroxyl groups excluding tert-OH is 1. The molecule has 0 saturated heterocycles. The van der Waals surface area contributed by atoms with E-state index in [-0.39, 0.29) is 17.0 Å². The Morgan fingerprint density at radius 3 is 2.76 bits per heavy atom. The Morgan fingerprint density at radius 1 is 1.57 bits per heavy atom. The minimum Gasteiger partial charge on any atom is -0.480 e.